The van der Waals surface area contributed by atoms with E-state index >= 15 is 0 Å². The molecule has 0 atom stereocenters. The molecule has 0 unspecified atom stereocenters. The molecular weight excluding hydrogens is 172 g/mol. The molecule has 3 heteroatoms. The number of thiocarbonyl (C=S) groups is 1. The minimum atomic E-state index is -0.901. The molecule has 0 aliphatic heterocycles. The minimum absolute atomic E-state index is 0.332. The Hall–Kier alpha value is -1.22. The van der Waals surface area contributed by atoms with Crippen molar-refractivity contribution in [2.45, 2.75) is 6.42 Å². The van der Waals surface area contributed by atoms with Crippen LogP contribution in [0.25, 0.3) is 0 Å². The van der Waals surface area contributed by atoms with Crippen molar-refractivity contribution >= 4 is 23.6 Å². The van der Waals surface area contributed by atoms with Gasteiger partial charge >= 0.3 is 5.97 Å². The molecule has 0 bridgehead atoms. The smallest absolute Gasteiger partial charge is 0.335 e. The monoisotopic (exact) mass is 180 g/mol. The van der Waals surface area contributed by atoms with E-state index in [1.165, 1.54) is 5.37 Å². The van der Waals surface area contributed by atoms with Gasteiger partial charge in [-0.2, -0.15) is 0 Å². The zero-order chi connectivity index (χ0) is 8.97. The summed E-state index contributed by atoms with van der Waals surface area (Å²) >= 11 is 4.66. The highest BCUT2D eigenvalue weighted by atomic mass is 32.1. The summed E-state index contributed by atoms with van der Waals surface area (Å²) in [6.07, 6.45) is 0.526. The van der Waals surface area contributed by atoms with Gasteiger partial charge in [0, 0.05) is 6.42 Å². The van der Waals surface area contributed by atoms with Crippen LogP contribution in [0.2, 0.25) is 0 Å². The predicted octanol–water partition coefficient (Wildman–Crippen LogP) is 1.93. The number of benzene rings is 1. The molecule has 1 N–H and O–H groups in total. The molecule has 0 aromatic heterocycles. The van der Waals surface area contributed by atoms with Gasteiger partial charge in [0.1, 0.15) is 0 Å². The zero-order valence-electron chi connectivity index (χ0n) is 6.36. The summed E-state index contributed by atoms with van der Waals surface area (Å²) in [5.41, 5.74) is 1.10. The zero-order valence-corrected chi connectivity index (χ0v) is 7.17. The van der Waals surface area contributed by atoms with Gasteiger partial charge in [0.05, 0.1) is 5.56 Å². The third-order valence-electron chi connectivity index (χ3n) is 1.55. The lowest BCUT2D eigenvalue weighted by atomic mass is 10.1. The first-order valence-electron chi connectivity index (χ1n) is 3.50. The van der Waals surface area contributed by atoms with Crippen molar-refractivity contribution in [3.63, 3.8) is 0 Å². The number of carboxylic acids is 1. The van der Waals surface area contributed by atoms with Crippen LogP contribution in [-0.2, 0) is 6.42 Å². The molecule has 12 heavy (non-hydrogen) atoms. The Bertz CT molecular complexity index is 307. The molecule has 0 aliphatic carbocycles. The van der Waals surface area contributed by atoms with Crippen LogP contribution in [0.15, 0.2) is 24.3 Å². The van der Waals surface area contributed by atoms with Crippen LogP contribution in [0.4, 0.5) is 0 Å². The molecule has 0 spiro atoms. The average Bonchev–Trinajstić information content (AvgIpc) is 2.05. The van der Waals surface area contributed by atoms with Gasteiger partial charge < -0.3 is 5.11 Å². The Labute approximate surface area is 75.8 Å². The van der Waals surface area contributed by atoms with Crippen molar-refractivity contribution in [1.82, 2.24) is 0 Å². The van der Waals surface area contributed by atoms with Crippen molar-refractivity contribution in [3.05, 3.63) is 35.4 Å². The maximum absolute atomic E-state index is 10.6. The van der Waals surface area contributed by atoms with Crippen LogP contribution in [-0.4, -0.2) is 16.4 Å². The van der Waals surface area contributed by atoms with Crippen molar-refractivity contribution in [2.75, 3.05) is 0 Å². The lowest BCUT2D eigenvalue weighted by Gasteiger charge is -2.00. The van der Waals surface area contributed by atoms with Gasteiger partial charge in [-0.1, -0.05) is 30.4 Å². The standard InChI is InChI=1S/C9H8O2S/c10-9(11)8-4-2-1-3-7(8)5-6-12/h1-4,6H,5H2,(H,10,11). The second-order valence-electron chi connectivity index (χ2n) is 2.33. The Morgan fingerprint density at radius 1 is 1.50 bits per heavy atom. The number of hydrogen-bond donors (Lipinski definition) is 1. The minimum Gasteiger partial charge on any atom is -0.478 e. The molecule has 0 fully saturated rings. The topological polar surface area (TPSA) is 37.3 Å². The number of rotatable bonds is 3. The Balaban J connectivity index is 3.07. The summed E-state index contributed by atoms with van der Waals surface area (Å²) < 4.78 is 0. The molecular formula is C9H8O2S. The Kier molecular flexibility index (Phi) is 2.94. The number of hydrogen-bond acceptors (Lipinski definition) is 2. The van der Waals surface area contributed by atoms with Crippen LogP contribution >= 0.6 is 12.2 Å². The van der Waals surface area contributed by atoms with E-state index in [1.54, 1.807) is 24.3 Å². The fourth-order valence-electron chi connectivity index (χ4n) is 0.997. The van der Waals surface area contributed by atoms with Gasteiger partial charge in [0.2, 0.25) is 0 Å². The quantitative estimate of drug-likeness (QED) is 0.722. The lowest BCUT2D eigenvalue weighted by Crippen LogP contribution is -2.01. The van der Waals surface area contributed by atoms with E-state index in [2.05, 4.69) is 12.2 Å². The van der Waals surface area contributed by atoms with Crippen molar-refractivity contribution in [2.24, 2.45) is 0 Å². The van der Waals surface area contributed by atoms with E-state index in [1.807, 2.05) is 0 Å². The Morgan fingerprint density at radius 3 is 2.75 bits per heavy atom. The first-order valence-corrected chi connectivity index (χ1v) is 3.97. The van der Waals surface area contributed by atoms with Gasteiger partial charge in [-0.15, -0.1) is 0 Å². The summed E-state index contributed by atoms with van der Waals surface area (Å²) in [6, 6.07) is 6.86. The van der Waals surface area contributed by atoms with Crippen LogP contribution < -0.4 is 0 Å². The third-order valence-corrected chi connectivity index (χ3v) is 1.72. The van der Waals surface area contributed by atoms with E-state index in [0.717, 1.165) is 5.56 Å². The van der Waals surface area contributed by atoms with Crippen LogP contribution in [0.1, 0.15) is 15.9 Å². The van der Waals surface area contributed by atoms with Crippen LogP contribution in [0, 0.1) is 0 Å². The van der Waals surface area contributed by atoms with E-state index < -0.39 is 5.97 Å². The fraction of sp³-hybridized carbons (Fsp3) is 0.111. The van der Waals surface area contributed by atoms with Crippen LogP contribution in [0.5, 0.6) is 0 Å². The normalized spacial score (nSPS) is 9.33. The number of carboxylic acid groups (broad SMARTS) is 1. The molecule has 1 rings (SSSR count). The average molecular weight is 180 g/mol. The summed E-state index contributed by atoms with van der Waals surface area (Å²) in [4.78, 5) is 10.6. The SMILES string of the molecule is O=C(O)c1ccccc1CC=S. The second kappa shape index (κ2) is 3.97. The molecule has 62 valence electrons. The largest absolute Gasteiger partial charge is 0.478 e. The molecule has 0 saturated carbocycles. The van der Waals surface area contributed by atoms with Gasteiger partial charge in [-0.05, 0) is 17.0 Å². The van der Waals surface area contributed by atoms with Gasteiger partial charge in [-0.25, -0.2) is 4.79 Å². The first-order chi connectivity index (χ1) is 5.75. The number of aromatic carboxylic acids is 1. The first kappa shape index (κ1) is 8.87. The van der Waals surface area contributed by atoms with E-state index in [0.29, 0.717) is 12.0 Å². The highest BCUT2D eigenvalue weighted by molar-refractivity contribution is 7.78. The van der Waals surface area contributed by atoms with Gasteiger partial charge in [-0.3, -0.25) is 0 Å². The molecule has 2 nitrogen and oxygen atoms in total. The fourth-order valence-corrected chi connectivity index (χ4v) is 1.18. The lowest BCUT2D eigenvalue weighted by molar-refractivity contribution is 0.0696. The van der Waals surface area contributed by atoms with Crippen molar-refractivity contribution < 1.29 is 9.90 Å². The highest BCUT2D eigenvalue weighted by Gasteiger charge is 2.06. The molecule has 0 saturated heterocycles. The molecule has 0 amide bonds. The Morgan fingerprint density at radius 2 is 2.17 bits per heavy atom. The highest BCUT2D eigenvalue weighted by Crippen LogP contribution is 2.08. The summed E-state index contributed by atoms with van der Waals surface area (Å²) in [5.74, 6) is -0.901. The second-order valence-corrected chi connectivity index (χ2v) is 2.67. The molecule has 1 aromatic carbocycles. The third kappa shape index (κ3) is 1.89. The van der Waals surface area contributed by atoms with E-state index in [9.17, 15) is 4.79 Å². The van der Waals surface area contributed by atoms with Crippen molar-refractivity contribution in [1.29, 1.82) is 0 Å². The van der Waals surface area contributed by atoms with Gasteiger partial charge in [0.25, 0.3) is 0 Å². The maximum atomic E-state index is 10.6. The van der Waals surface area contributed by atoms with Crippen LogP contribution in [0.3, 0.4) is 0 Å². The molecule has 0 aliphatic rings. The van der Waals surface area contributed by atoms with E-state index in [-0.39, 0.29) is 0 Å². The summed E-state index contributed by atoms with van der Waals surface area (Å²) in [7, 11) is 0. The molecule has 1 aromatic rings. The number of carbonyl (C=O) groups is 1. The van der Waals surface area contributed by atoms with Gasteiger partial charge in [0.15, 0.2) is 0 Å². The summed E-state index contributed by atoms with van der Waals surface area (Å²) in [5, 5.41) is 10.3. The molecule has 0 heterocycles. The van der Waals surface area contributed by atoms with Crippen molar-refractivity contribution in [3.8, 4) is 0 Å². The maximum Gasteiger partial charge on any atom is 0.335 e. The molecule has 0 radical (unpaired) electrons. The van der Waals surface area contributed by atoms with E-state index in [4.69, 9.17) is 5.11 Å². The summed E-state index contributed by atoms with van der Waals surface area (Å²) in [6.45, 7) is 0. The predicted molar refractivity (Wildman–Crippen MR) is 50.8 cm³/mol.